The van der Waals surface area contributed by atoms with E-state index in [9.17, 15) is 18.4 Å². The van der Waals surface area contributed by atoms with Gasteiger partial charge in [0.2, 0.25) is 0 Å². The van der Waals surface area contributed by atoms with Crippen molar-refractivity contribution in [2.75, 3.05) is 16.3 Å². The lowest BCUT2D eigenvalue weighted by atomic mass is 10.0. The summed E-state index contributed by atoms with van der Waals surface area (Å²) in [5.74, 6) is -2.15. The molecule has 30 heavy (non-hydrogen) atoms. The summed E-state index contributed by atoms with van der Waals surface area (Å²) in [4.78, 5) is 29.5. The number of hydrogen-bond donors (Lipinski definition) is 0. The molecule has 150 valence electrons. The van der Waals surface area contributed by atoms with E-state index in [1.54, 1.807) is 4.90 Å². The minimum Gasteiger partial charge on any atom is -0.337 e. The maximum atomic E-state index is 13.8. The molecule has 3 aromatic carbocycles. The molecule has 0 bridgehead atoms. The van der Waals surface area contributed by atoms with Crippen LogP contribution in [0.5, 0.6) is 0 Å². The van der Waals surface area contributed by atoms with Gasteiger partial charge < -0.3 is 4.90 Å². The highest BCUT2D eigenvalue weighted by Gasteiger charge is 2.42. The van der Waals surface area contributed by atoms with Gasteiger partial charge in [-0.1, -0.05) is 36.4 Å². The third kappa shape index (κ3) is 3.37. The largest absolute Gasteiger partial charge is 0.337 e. The van der Waals surface area contributed by atoms with Gasteiger partial charge in [-0.15, -0.1) is 0 Å². The number of anilines is 2. The van der Waals surface area contributed by atoms with Crippen LogP contribution in [-0.2, 0) is 9.59 Å². The normalized spacial score (nSPS) is 13.9. The molecule has 2 amide bonds. The van der Waals surface area contributed by atoms with Gasteiger partial charge in [0, 0.05) is 12.2 Å². The first-order valence-corrected chi connectivity index (χ1v) is 9.48. The summed E-state index contributed by atoms with van der Waals surface area (Å²) in [5, 5.41) is 0. The van der Waals surface area contributed by atoms with E-state index in [0.29, 0.717) is 12.1 Å². The van der Waals surface area contributed by atoms with Crippen LogP contribution >= 0.6 is 0 Å². The number of carbonyl (C=O) groups is 2. The van der Waals surface area contributed by atoms with Crippen LogP contribution in [0.25, 0.3) is 5.57 Å². The topological polar surface area (TPSA) is 40.6 Å². The quantitative estimate of drug-likeness (QED) is 0.575. The maximum Gasteiger partial charge on any atom is 0.282 e. The molecule has 1 aliphatic rings. The Morgan fingerprint density at radius 1 is 0.800 bits per heavy atom. The lowest BCUT2D eigenvalue weighted by Crippen LogP contribution is -2.35. The summed E-state index contributed by atoms with van der Waals surface area (Å²) < 4.78 is 27.3. The molecule has 0 N–H and O–H groups in total. The summed E-state index contributed by atoms with van der Waals surface area (Å²) in [6.07, 6.45) is 0. The van der Waals surface area contributed by atoms with Crippen molar-refractivity contribution < 1.29 is 18.4 Å². The highest BCUT2D eigenvalue weighted by Crippen LogP contribution is 2.36. The molecule has 0 atom stereocenters. The van der Waals surface area contributed by atoms with Gasteiger partial charge >= 0.3 is 0 Å². The molecular weight excluding hydrogens is 386 g/mol. The Morgan fingerprint density at radius 3 is 2.13 bits per heavy atom. The highest BCUT2D eigenvalue weighted by atomic mass is 19.1. The number of hydrogen-bond acceptors (Lipinski definition) is 3. The molecule has 0 aromatic heterocycles. The lowest BCUT2D eigenvalue weighted by molar-refractivity contribution is -0.120. The molecule has 3 aromatic rings. The zero-order valence-electron chi connectivity index (χ0n) is 16.2. The van der Waals surface area contributed by atoms with Gasteiger partial charge in [-0.2, -0.15) is 0 Å². The number of benzene rings is 3. The number of carbonyl (C=O) groups excluding carboxylic acids is 2. The van der Waals surface area contributed by atoms with Crippen LogP contribution < -0.4 is 9.80 Å². The average Bonchev–Trinajstić information content (AvgIpc) is 3.00. The number of amides is 2. The fourth-order valence-electron chi connectivity index (χ4n) is 3.57. The molecule has 0 saturated heterocycles. The molecule has 0 radical (unpaired) electrons. The van der Waals surface area contributed by atoms with Crippen LogP contribution in [0.4, 0.5) is 20.2 Å². The van der Waals surface area contributed by atoms with E-state index in [1.165, 1.54) is 42.5 Å². The number of rotatable bonds is 5. The maximum absolute atomic E-state index is 13.8. The molecule has 1 aliphatic heterocycles. The molecule has 6 heteroatoms. The van der Waals surface area contributed by atoms with Crippen LogP contribution in [0.2, 0.25) is 0 Å². The zero-order valence-corrected chi connectivity index (χ0v) is 16.2. The van der Waals surface area contributed by atoms with Crippen LogP contribution in [0.1, 0.15) is 12.5 Å². The van der Waals surface area contributed by atoms with Crippen LogP contribution in [0.15, 0.2) is 84.6 Å². The van der Waals surface area contributed by atoms with Crippen molar-refractivity contribution >= 4 is 28.8 Å². The molecule has 1 heterocycles. The predicted octanol–water partition coefficient (Wildman–Crippen LogP) is 4.78. The van der Waals surface area contributed by atoms with Crippen molar-refractivity contribution in [2.24, 2.45) is 0 Å². The summed E-state index contributed by atoms with van der Waals surface area (Å²) >= 11 is 0. The number of imide groups is 1. The number of halogens is 2. The first-order chi connectivity index (χ1) is 14.5. The van der Waals surface area contributed by atoms with E-state index in [0.717, 1.165) is 16.7 Å². The molecule has 0 unspecified atom stereocenters. The highest BCUT2D eigenvalue weighted by molar-refractivity contribution is 6.46. The van der Waals surface area contributed by atoms with Gasteiger partial charge in [0.25, 0.3) is 11.8 Å². The van der Waals surface area contributed by atoms with Gasteiger partial charge in [-0.05, 0) is 55.0 Å². The van der Waals surface area contributed by atoms with Crippen molar-refractivity contribution in [3.8, 4) is 0 Å². The van der Waals surface area contributed by atoms with Gasteiger partial charge in [0.15, 0.2) is 0 Å². The third-order valence-electron chi connectivity index (χ3n) is 4.91. The van der Waals surface area contributed by atoms with Gasteiger partial charge in [0.1, 0.15) is 17.3 Å². The first-order valence-electron chi connectivity index (χ1n) is 9.48. The van der Waals surface area contributed by atoms with Crippen molar-refractivity contribution in [3.63, 3.8) is 0 Å². The van der Waals surface area contributed by atoms with E-state index in [-0.39, 0.29) is 17.0 Å². The summed E-state index contributed by atoms with van der Waals surface area (Å²) in [6, 6.07) is 19.9. The standard InChI is InChI=1S/C24H18F2N2O2/c1-2-27(19-8-4-3-5-9-19)22-21(16-11-13-17(25)14-12-16)23(29)28(24(22)30)20-10-6-7-18(26)15-20/h3-15H,2H2,1H3. The molecule has 4 rings (SSSR count). The average molecular weight is 404 g/mol. The van der Waals surface area contributed by atoms with E-state index >= 15 is 0 Å². The molecule has 4 nitrogen and oxygen atoms in total. The number of nitrogens with zero attached hydrogens (tertiary/aromatic N) is 2. The van der Waals surface area contributed by atoms with E-state index in [2.05, 4.69) is 0 Å². The number of para-hydroxylation sites is 1. The molecule has 0 aliphatic carbocycles. The summed E-state index contributed by atoms with van der Waals surface area (Å²) in [5.41, 5.74) is 1.61. The monoisotopic (exact) mass is 404 g/mol. The molecule has 0 fully saturated rings. The van der Waals surface area contributed by atoms with E-state index < -0.39 is 23.4 Å². The van der Waals surface area contributed by atoms with Crippen LogP contribution in [0.3, 0.4) is 0 Å². The Balaban J connectivity index is 1.91. The fourth-order valence-corrected chi connectivity index (χ4v) is 3.57. The third-order valence-corrected chi connectivity index (χ3v) is 4.91. The van der Waals surface area contributed by atoms with Gasteiger partial charge in [-0.3, -0.25) is 9.59 Å². The van der Waals surface area contributed by atoms with Crippen molar-refractivity contribution in [1.29, 1.82) is 0 Å². The fraction of sp³-hybridized carbons (Fsp3) is 0.0833. The second kappa shape index (κ2) is 7.91. The predicted molar refractivity (Wildman–Crippen MR) is 112 cm³/mol. The van der Waals surface area contributed by atoms with Crippen molar-refractivity contribution in [1.82, 2.24) is 0 Å². The minimum absolute atomic E-state index is 0.142. The van der Waals surface area contributed by atoms with Crippen molar-refractivity contribution in [2.45, 2.75) is 6.92 Å². The van der Waals surface area contributed by atoms with E-state index in [1.807, 2.05) is 37.3 Å². The summed E-state index contributed by atoms with van der Waals surface area (Å²) in [7, 11) is 0. The SMILES string of the molecule is CCN(C1=C(c2ccc(F)cc2)C(=O)N(c2cccc(F)c2)C1=O)c1ccccc1. The Labute approximate surface area is 172 Å². The van der Waals surface area contributed by atoms with Gasteiger partial charge in [-0.25, -0.2) is 13.7 Å². The molecule has 0 saturated carbocycles. The van der Waals surface area contributed by atoms with Crippen molar-refractivity contribution in [3.05, 3.63) is 102 Å². The number of likely N-dealkylation sites (N-methyl/N-ethyl adjacent to an activating group) is 1. The Hall–Kier alpha value is -3.80. The second-order valence-electron chi connectivity index (χ2n) is 6.74. The smallest absolute Gasteiger partial charge is 0.282 e. The Bertz CT molecular complexity index is 1140. The minimum atomic E-state index is -0.582. The lowest BCUT2D eigenvalue weighted by Gasteiger charge is -2.25. The zero-order chi connectivity index (χ0) is 21.3. The van der Waals surface area contributed by atoms with Crippen LogP contribution in [-0.4, -0.2) is 18.4 Å². The Morgan fingerprint density at radius 2 is 1.50 bits per heavy atom. The second-order valence-corrected chi connectivity index (χ2v) is 6.74. The molecule has 0 spiro atoms. The molecular formula is C24H18F2N2O2. The summed E-state index contributed by atoms with van der Waals surface area (Å²) in [6.45, 7) is 2.28. The van der Waals surface area contributed by atoms with Crippen LogP contribution in [0, 0.1) is 11.6 Å². The Kier molecular flexibility index (Phi) is 5.14. The van der Waals surface area contributed by atoms with Gasteiger partial charge in [0.05, 0.1) is 11.3 Å². The first kappa shape index (κ1) is 19.5. The van der Waals surface area contributed by atoms with E-state index in [4.69, 9.17) is 0 Å².